The fourth-order valence-corrected chi connectivity index (χ4v) is 3.46. The van der Waals surface area contributed by atoms with Gasteiger partial charge in [-0.3, -0.25) is 4.79 Å². The highest BCUT2D eigenvalue weighted by Gasteiger charge is 2.18. The SMILES string of the molecule is COc1ccc(NC(=O)c2ccc(-n3ccnc3)cc2)cc1N1CCN(C)CC1. The second kappa shape index (κ2) is 8.36. The van der Waals surface area contributed by atoms with Crippen molar-refractivity contribution < 1.29 is 9.53 Å². The minimum Gasteiger partial charge on any atom is -0.495 e. The van der Waals surface area contributed by atoms with Gasteiger partial charge in [-0.2, -0.15) is 0 Å². The lowest BCUT2D eigenvalue weighted by atomic mass is 10.1. The van der Waals surface area contributed by atoms with E-state index in [1.165, 1.54) is 0 Å². The van der Waals surface area contributed by atoms with E-state index in [4.69, 9.17) is 4.74 Å². The van der Waals surface area contributed by atoms with Crippen molar-refractivity contribution in [2.75, 3.05) is 50.6 Å². The van der Waals surface area contributed by atoms with Crippen LogP contribution in [-0.4, -0.2) is 60.7 Å². The van der Waals surface area contributed by atoms with Gasteiger partial charge in [0, 0.05) is 55.5 Å². The maximum atomic E-state index is 12.7. The predicted octanol–water partition coefficient (Wildman–Crippen LogP) is 2.89. The van der Waals surface area contributed by atoms with Crippen LogP contribution in [0.3, 0.4) is 0 Å². The van der Waals surface area contributed by atoms with E-state index in [2.05, 4.69) is 27.1 Å². The number of carbonyl (C=O) groups excluding carboxylic acids is 1. The number of likely N-dealkylation sites (N-methyl/N-ethyl adjacent to an activating group) is 1. The highest BCUT2D eigenvalue weighted by Crippen LogP contribution is 2.32. The molecule has 4 rings (SSSR count). The molecular weight excluding hydrogens is 366 g/mol. The summed E-state index contributed by atoms with van der Waals surface area (Å²) in [6.07, 6.45) is 5.32. The van der Waals surface area contributed by atoms with Gasteiger partial charge in [-0.1, -0.05) is 0 Å². The Morgan fingerprint density at radius 3 is 2.48 bits per heavy atom. The van der Waals surface area contributed by atoms with Crippen LogP contribution in [0.2, 0.25) is 0 Å². The molecule has 1 aromatic heterocycles. The van der Waals surface area contributed by atoms with Crippen molar-refractivity contribution in [1.82, 2.24) is 14.5 Å². The fourth-order valence-electron chi connectivity index (χ4n) is 3.46. The maximum absolute atomic E-state index is 12.7. The summed E-state index contributed by atoms with van der Waals surface area (Å²) in [4.78, 5) is 21.4. The van der Waals surface area contributed by atoms with Gasteiger partial charge in [0.1, 0.15) is 5.75 Å². The predicted molar refractivity (Wildman–Crippen MR) is 114 cm³/mol. The van der Waals surface area contributed by atoms with Crippen LogP contribution in [0.1, 0.15) is 10.4 Å². The number of imidazole rings is 1. The number of hydrogen-bond donors (Lipinski definition) is 1. The summed E-state index contributed by atoms with van der Waals surface area (Å²) in [5.74, 6) is 0.675. The Morgan fingerprint density at radius 1 is 1.07 bits per heavy atom. The summed E-state index contributed by atoms with van der Waals surface area (Å²) in [6, 6.07) is 13.2. The van der Waals surface area contributed by atoms with Crippen LogP contribution in [0, 0.1) is 0 Å². The van der Waals surface area contributed by atoms with Gasteiger partial charge in [-0.15, -0.1) is 0 Å². The third-order valence-corrected chi connectivity index (χ3v) is 5.21. The molecule has 1 aliphatic heterocycles. The number of hydrogen-bond acceptors (Lipinski definition) is 5. The van der Waals surface area contributed by atoms with E-state index in [0.717, 1.165) is 49.0 Å². The van der Waals surface area contributed by atoms with Gasteiger partial charge in [0.2, 0.25) is 0 Å². The van der Waals surface area contributed by atoms with Gasteiger partial charge >= 0.3 is 0 Å². The maximum Gasteiger partial charge on any atom is 0.255 e. The summed E-state index contributed by atoms with van der Waals surface area (Å²) in [5, 5.41) is 3.00. The molecule has 1 N–H and O–H groups in total. The standard InChI is InChI=1S/C22H25N5O2/c1-25-11-13-26(14-12-25)20-15-18(5-8-21(20)29-2)24-22(28)17-3-6-19(7-4-17)27-10-9-23-16-27/h3-10,15-16H,11-14H2,1-2H3,(H,24,28). The Labute approximate surface area is 170 Å². The van der Waals surface area contributed by atoms with Crippen molar-refractivity contribution in [2.45, 2.75) is 0 Å². The normalized spacial score (nSPS) is 14.6. The minimum atomic E-state index is -0.142. The molecule has 1 aliphatic rings. The lowest BCUT2D eigenvalue weighted by Gasteiger charge is -2.34. The Hall–Kier alpha value is -3.32. The van der Waals surface area contributed by atoms with Crippen molar-refractivity contribution >= 4 is 17.3 Å². The number of nitrogens with one attached hydrogen (secondary N) is 1. The lowest BCUT2D eigenvalue weighted by molar-refractivity contribution is 0.102. The second-order valence-electron chi connectivity index (χ2n) is 7.15. The summed E-state index contributed by atoms with van der Waals surface area (Å²) >= 11 is 0. The topological polar surface area (TPSA) is 62.6 Å². The Bertz CT molecular complexity index is 961. The van der Waals surface area contributed by atoms with Crippen molar-refractivity contribution in [3.05, 3.63) is 66.7 Å². The summed E-state index contributed by atoms with van der Waals surface area (Å²) < 4.78 is 7.44. The molecule has 1 fully saturated rings. The van der Waals surface area contributed by atoms with Gasteiger partial charge in [-0.05, 0) is 49.5 Å². The van der Waals surface area contributed by atoms with E-state index in [1.54, 1.807) is 19.6 Å². The number of carbonyl (C=O) groups is 1. The molecule has 0 bridgehead atoms. The fraction of sp³-hybridized carbons (Fsp3) is 0.273. The van der Waals surface area contributed by atoms with E-state index < -0.39 is 0 Å². The molecule has 0 unspecified atom stereocenters. The monoisotopic (exact) mass is 391 g/mol. The van der Waals surface area contributed by atoms with E-state index in [-0.39, 0.29) is 5.91 Å². The van der Waals surface area contributed by atoms with Crippen molar-refractivity contribution in [1.29, 1.82) is 0 Å². The zero-order valence-electron chi connectivity index (χ0n) is 16.7. The quantitative estimate of drug-likeness (QED) is 0.725. The van der Waals surface area contributed by atoms with Crippen LogP contribution in [0.25, 0.3) is 5.69 Å². The van der Waals surface area contributed by atoms with E-state index in [1.807, 2.05) is 53.2 Å². The van der Waals surface area contributed by atoms with Crippen molar-refractivity contribution in [2.24, 2.45) is 0 Å². The molecule has 29 heavy (non-hydrogen) atoms. The van der Waals surface area contributed by atoms with Crippen LogP contribution >= 0.6 is 0 Å². The number of rotatable bonds is 5. The minimum absolute atomic E-state index is 0.142. The molecule has 0 radical (unpaired) electrons. The molecule has 0 atom stereocenters. The largest absolute Gasteiger partial charge is 0.495 e. The Morgan fingerprint density at radius 2 is 1.83 bits per heavy atom. The van der Waals surface area contributed by atoms with E-state index >= 15 is 0 Å². The smallest absolute Gasteiger partial charge is 0.255 e. The number of ether oxygens (including phenoxy) is 1. The van der Waals surface area contributed by atoms with E-state index in [9.17, 15) is 4.79 Å². The molecule has 7 nitrogen and oxygen atoms in total. The second-order valence-corrected chi connectivity index (χ2v) is 7.15. The summed E-state index contributed by atoms with van der Waals surface area (Å²) in [7, 11) is 3.80. The Kier molecular flexibility index (Phi) is 5.48. The number of aromatic nitrogens is 2. The average molecular weight is 391 g/mol. The third kappa shape index (κ3) is 4.25. The number of benzene rings is 2. The van der Waals surface area contributed by atoms with Crippen LogP contribution < -0.4 is 15.0 Å². The number of piperazine rings is 1. The zero-order chi connectivity index (χ0) is 20.2. The molecule has 0 aliphatic carbocycles. The molecule has 2 aromatic carbocycles. The lowest BCUT2D eigenvalue weighted by Crippen LogP contribution is -2.44. The first-order valence-corrected chi connectivity index (χ1v) is 9.65. The molecule has 0 spiro atoms. The summed E-state index contributed by atoms with van der Waals surface area (Å²) in [5.41, 5.74) is 3.32. The number of methoxy groups -OCH3 is 1. The third-order valence-electron chi connectivity index (χ3n) is 5.21. The molecular formula is C22H25N5O2. The van der Waals surface area contributed by atoms with Gasteiger partial charge in [0.15, 0.2) is 0 Å². The number of nitrogens with zero attached hydrogens (tertiary/aromatic N) is 4. The molecule has 1 amide bonds. The van der Waals surface area contributed by atoms with Gasteiger partial charge in [0.05, 0.1) is 19.1 Å². The first-order chi connectivity index (χ1) is 14.1. The van der Waals surface area contributed by atoms with Crippen LogP contribution in [-0.2, 0) is 0 Å². The molecule has 0 saturated carbocycles. The molecule has 3 aromatic rings. The molecule has 2 heterocycles. The number of amides is 1. The first kappa shape index (κ1) is 19.0. The zero-order valence-corrected chi connectivity index (χ0v) is 16.7. The highest BCUT2D eigenvalue weighted by molar-refractivity contribution is 6.04. The molecule has 1 saturated heterocycles. The van der Waals surface area contributed by atoms with Gasteiger partial charge in [-0.25, -0.2) is 4.98 Å². The highest BCUT2D eigenvalue weighted by atomic mass is 16.5. The average Bonchev–Trinajstić information content (AvgIpc) is 3.29. The van der Waals surface area contributed by atoms with Crippen molar-refractivity contribution in [3.63, 3.8) is 0 Å². The van der Waals surface area contributed by atoms with Gasteiger partial charge in [0.25, 0.3) is 5.91 Å². The Balaban J connectivity index is 1.50. The summed E-state index contributed by atoms with van der Waals surface area (Å²) in [6.45, 7) is 3.87. The van der Waals surface area contributed by atoms with E-state index in [0.29, 0.717) is 5.56 Å². The van der Waals surface area contributed by atoms with Crippen LogP contribution in [0.4, 0.5) is 11.4 Å². The van der Waals surface area contributed by atoms with Crippen molar-refractivity contribution in [3.8, 4) is 11.4 Å². The van der Waals surface area contributed by atoms with Crippen LogP contribution in [0.15, 0.2) is 61.2 Å². The van der Waals surface area contributed by atoms with Gasteiger partial charge < -0.3 is 24.4 Å². The first-order valence-electron chi connectivity index (χ1n) is 9.65. The molecule has 150 valence electrons. The number of anilines is 2. The molecule has 7 heteroatoms. The van der Waals surface area contributed by atoms with Crippen LogP contribution in [0.5, 0.6) is 5.75 Å².